The monoisotopic (exact) mass is 365 g/mol. The van der Waals surface area contributed by atoms with Crippen LogP contribution in [0.2, 0.25) is 0 Å². The molecule has 0 spiro atoms. The van der Waals surface area contributed by atoms with Gasteiger partial charge in [0.05, 0.1) is 7.11 Å². The Labute approximate surface area is 154 Å². The zero-order valence-electron chi connectivity index (χ0n) is 14.5. The molecule has 136 valence electrons. The molecule has 3 rings (SSSR count). The highest BCUT2D eigenvalue weighted by Crippen LogP contribution is 2.20. The molecule has 2 heterocycles. The van der Waals surface area contributed by atoms with Gasteiger partial charge in [-0.05, 0) is 54.8 Å². The van der Waals surface area contributed by atoms with E-state index < -0.39 is 0 Å². The number of hydrogen-bond donors (Lipinski definition) is 1. The maximum Gasteiger partial charge on any atom is 0.165 e. The van der Waals surface area contributed by atoms with Crippen LogP contribution in [0.15, 0.2) is 42.7 Å². The Morgan fingerprint density at radius 3 is 2.76 bits per heavy atom. The first-order chi connectivity index (χ1) is 11.7. The number of rotatable bonds is 7. The van der Waals surface area contributed by atoms with Crippen molar-refractivity contribution in [1.29, 1.82) is 0 Å². The van der Waals surface area contributed by atoms with Crippen molar-refractivity contribution in [2.45, 2.75) is 19.5 Å². The van der Waals surface area contributed by atoms with E-state index in [0.29, 0.717) is 12.5 Å². The molecule has 6 heteroatoms. The Balaban J connectivity index is 0.00000225. The Bertz CT molecular complexity index is 650. The molecule has 1 aromatic heterocycles. The van der Waals surface area contributed by atoms with E-state index in [0.717, 1.165) is 31.7 Å². The average Bonchev–Trinajstić information content (AvgIpc) is 3.09. The number of aromatic nitrogens is 1. The molecular weight excluding hydrogens is 341 g/mol. The summed E-state index contributed by atoms with van der Waals surface area (Å²) in [4.78, 5) is 6.57. The van der Waals surface area contributed by atoms with Gasteiger partial charge in [-0.1, -0.05) is 12.1 Å². The maximum atomic E-state index is 14.0. The van der Waals surface area contributed by atoms with Crippen LogP contribution < -0.4 is 10.1 Å². The Morgan fingerprint density at radius 2 is 2.12 bits per heavy atom. The number of halogens is 2. The summed E-state index contributed by atoms with van der Waals surface area (Å²) in [5, 5.41) is 3.41. The fourth-order valence-electron chi connectivity index (χ4n) is 3.24. The summed E-state index contributed by atoms with van der Waals surface area (Å²) in [5.41, 5.74) is 2.14. The smallest absolute Gasteiger partial charge is 0.165 e. The lowest BCUT2D eigenvalue weighted by molar-refractivity contribution is 0.220. The molecule has 0 aliphatic carbocycles. The third-order valence-corrected chi connectivity index (χ3v) is 4.43. The molecule has 1 unspecified atom stereocenters. The van der Waals surface area contributed by atoms with Gasteiger partial charge in [-0.3, -0.25) is 9.88 Å². The van der Waals surface area contributed by atoms with E-state index in [1.807, 2.05) is 18.3 Å². The first-order valence-corrected chi connectivity index (χ1v) is 8.39. The number of ether oxygens (including phenoxy) is 1. The first kappa shape index (κ1) is 19.6. The van der Waals surface area contributed by atoms with Crippen LogP contribution in [0.3, 0.4) is 0 Å². The number of hydrogen-bond acceptors (Lipinski definition) is 4. The number of nitrogens with zero attached hydrogens (tertiary/aromatic N) is 2. The molecule has 0 saturated carbocycles. The molecule has 1 fully saturated rings. The fraction of sp³-hybridized carbons (Fsp3) is 0.421. The van der Waals surface area contributed by atoms with Gasteiger partial charge in [0.1, 0.15) is 0 Å². The van der Waals surface area contributed by atoms with Crippen molar-refractivity contribution in [3.63, 3.8) is 0 Å². The second-order valence-electron chi connectivity index (χ2n) is 6.36. The van der Waals surface area contributed by atoms with Crippen LogP contribution in [0, 0.1) is 11.7 Å². The quantitative estimate of drug-likeness (QED) is 0.817. The van der Waals surface area contributed by atoms with Gasteiger partial charge >= 0.3 is 0 Å². The topological polar surface area (TPSA) is 37.4 Å². The molecule has 1 N–H and O–H groups in total. The summed E-state index contributed by atoms with van der Waals surface area (Å²) in [6.07, 6.45) is 4.88. The predicted molar refractivity (Wildman–Crippen MR) is 99.5 cm³/mol. The van der Waals surface area contributed by atoms with E-state index in [1.54, 1.807) is 18.3 Å². The minimum absolute atomic E-state index is 0. The van der Waals surface area contributed by atoms with E-state index in [-0.39, 0.29) is 24.0 Å². The normalized spacial score (nSPS) is 16.7. The van der Waals surface area contributed by atoms with Gasteiger partial charge < -0.3 is 10.1 Å². The Hall–Kier alpha value is -1.69. The Kier molecular flexibility index (Phi) is 7.62. The van der Waals surface area contributed by atoms with Crippen molar-refractivity contribution in [2.75, 3.05) is 26.7 Å². The van der Waals surface area contributed by atoms with Gasteiger partial charge in [-0.2, -0.15) is 0 Å². The standard InChI is InChI=1S/C19H24FN3O.ClH/c1-24-19-5-4-15(9-18(19)20)12-23(14-17-6-8-22-11-17)13-16-3-2-7-21-10-16;/h2-5,7,9-10,17,22H,6,8,11-14H2,1H3;1H. The van der Waals surface area contributed by atoms with E-state index in [1.165, 1.54) is 19.1 Å². The number of nitrogens with one attached hydrogen (secondary N) is 1. The molecule has 1 saturated heterocycles. The molecule has 0 amide bonds. The van der Waals surface area contributed by atoms with Crippen LogP contribution in [0.25, 0.3) is 0 Å². The highest BCUT2D eigenvalue weighted by Gasteiger charge is 2.19. The molecule has 1 aliphatic rings. The SMILES string of the molecule is COc1ccc(CN(Cc2cccnc2)CC2CCNC2)cc1F.Cl. The minimum atomic E-state index is -0.307. The van der Waals surface area contributed by atoms with Crippen molar-refractivity contribution < 1.29 is 9.13 Å². The predicted octanol–water partition coefficient (Wildman–Crippen LogP) is 3.26. The van der Waals surface area contributed by atoms with Gasteiger partial charge in [0.15, 0.2) is 11.6 Å². The average molecular weight is 366 g/mol. The van der Waals surface area contributed by atoms with Crippen LogP contribution in [0.5, 0.6) is 5.75 Å². The van der Waals surface area contributed by atoms with E-state index in [4.69, 9.17) is 4.74 Å². The number of benzene rings is 1. The summed E-state index contributed by atoms with van der Waals surface area (Å²) >= 11 is 0. The Morgan fingerprint density at radius 1 is 1.28 bits per heavy atom. The molecule has 4 nitrogen and oxygen atoms in total. The summed E-state index contributed by atoms with van der Waals surface area (Å²) in [5.74, 6) is 0.626. The molecule has 1 atom stereocenters. The van der Waals surface area contributed by atoms with Crippen molar-refractivity contribution in [3.8, 4) is 5.75 Å². The second kappa shape index (κ2) is 9.70. The zero-order chi connectivity index (χ0) is 16.8. The van der Waals surface area contributed by atoms with Gasteiger partial charge in [-0.15, -0.1) is 12.4 Å². The van der Waals surface area contributed by atoms with Crippen LogP contribution in [0.4, 0.5) is 4.39 Å². The van der Waals surface area contributed by atoms with Crippen LogP contribution >= 0.6 is 12.4 Å². The lowest BCUT2D eigenvalue weighted by atomic mass is 10.1. The fourth-order valence-corrected chi connectivity index (χ4v) is 3.24. The summed E-state index contributed by atoms with van der Waals surface area (Å²) in [6.45, 7) is 4.67. The van der Waals surface area contributed by atoms with Crippen molar-refractivity contribution in [3.05, 3.63) is 59.7 Å². The summed E-state index contributed by atoms with van der Waals surface area (Å²) < 4.78 is 19.0. The third-order valence-electron chi connectivity index (χ3n) is 4.43. The third kappa shape index (κ3) is 5.66. The first-order valence-electron chi connectivity index (χ1n) is 8.39. The second-order valence-corrected chi connectivity index (χ2v) is 6.36. The highest BCUT2D eigenvalue weighted by molar-refractivity contribution is 5.85. The van der Waals surface area contributed by atoms with E-state index in [9.17, 15) is 4.39 Å². The molecule has 0 radical (unpaired) electrons. The van der Waals surface area contributed by atoms with Crippen molar-refractivity contribution in [2.24, 2.45) is 5.92 Å². The number of methoxy groups -OCH3 is 1. The van der Waals surface area contributed by atoms with Gasteiger partial charge in [0.2, 0.25) is 0 Å². The highest BCUT2D eigenvalue weighted by atomic mass is 35.5. The molecule has 0 bridgehead atoms. The lowest BCUT2D eigenvalue weighted by Gasteiger charge is -2.25. The lowest BCUT2D eigenvalue weighted by Crippen LogP contribution is -2.30. The molecular formula is C19H25ClFN3O. The largest absolute Gasteiger partial charge is 0.494 e. The van der Waals surface area contributed by atoms with Gasteiger partial charge in [0.25, 0.3) is 0 Å². The van der Waals surface area contributed by atoms with Crippen molar-refractivity contribution in [1.82, 2.24) is 15.2 Å². The van der Waals surface area contributed by atoms with E-state index in [2.05, 4.69) is 21.3 Å². The van der Waals surface area contributed by atoms with Crippen LogP contribution in [-0.4, -0.2) is 36.6 Å². The van der Waals surface area contributed by atoms with Crippen molar-refractivity contribution >= 4 is 12.4 Å². The molecule has 25 heavy (non-hydrogen) atoms. The summed E-state index contributed by atoms with van der Waals surface area (Å²) in [6, 6.07) is 9.25. The minimum Gasteiger partial charge on any atom is -0.494 e. The van der Waals surface area contributed by atoms with Crippen LogP contribution in [-0.2, 0) is 13.1 Å². The molecule has 1 aliphatic heterocycles. The molecule has 1 aromatic carbocycles. The van der Waals surface area contributed by atoms with E-state index >= 15 is 0 Å². The van der Waals surface area contributed by atoms with Gasteiger partial charge in [0, 0.05) is 32.0 Å². The number of pyridine rings is 1. The summed E-state index contributed by atoms with van der Waals surface area (Å²) in [7, 11) is 1.49. The molecule has 2 aromatic rings. The van der Waals surface area contributed by atoms with Crippen LogP contribution in [0.1, 0.15) is 17.5 Å². The van der Waals surface area contributed by atoms with Gasteiger partial charge in [-0.25, -0.2) is 4.39 Å². The zero-order valence-corrected chi connectivity index (χ0v) is 15.3. The maximum absolute atomic E-state index is 14.0.